The van der Waals surface area contributed by atoms with Crippen LogP contribution in [0.15, 0.2) is 6.20 Å². The summed E-state index contributed by atoms with van der Waals surface area (Å²) in [4.78, 5) is 8.27. The fourth-order valence-electron chi connectivity index (χ4n) is 2.24. The summed E-state index contributed by atoms with van der Waals surface area (Å²) in [6, 6.07) is 0. The van der Waals surface area contributed by atoms with Crippen LogP contribution in [0.2, 0.25) is 0 Å². The summed E-state index contributed by atoms with van der Waals surface area (Å²) in [5.74, 6) is 0.834. The molecule has 0 radical (unpaired) electrons. The van der Waals surface area contributed by atoms with Crippen LogP contribution in [0.1, 0.15) is 23.2 Å². The first-order valence-corrected chi connectivity index (χ1v) is 6.94. The Morgan fingerprint density at radius 3 is 3.19 bits per heavy atom. The number of rotatable bonds is 5. The molecule has 1 saturated heterocycles. The molecule has 90 valence electrons. The SMILES string of the molecule is CCNCC1CCN(Cc2ncc(C)s2)C1. The quantitative estimate of drug-likeness (QED) is 0.850. The molecule has 1 atom stereocenters. The van der Waals surface area contributed by atoms with E-state index < -0.39 is 0 Å². The first kappa shape index (κ1) is 12.0. The van der Waals surface area contributed by atoms with Crippen molar-refractivity contribution in [3.8, 4) is 0 Å². The number of thiazole rings is 1. The van der Waals surface area contributed by atoms with Crippen molar-refractivity contribution in [1.82, 2.24) is 15.2 Å². The molecule has 2 rings (SSSR count). The third-order valence-electron chi connectivity index (χ3n) is 3.08. The molecule has 0 spiro atoms. The van der Waals surface area contributed by atoms with Gasteiger partial charge in [-0.1, -0.05) is 6.92 Å². The Morgan fingerprint density at radius 2 is 2.50 bits per heavy atom. The number of hydrogen-bond donors (Lipinski definition) is 1. The molecule has 0 saturated carbocycles. The molecule has 4 heteroatoms. The van der Waals surface area contributed by atoms with Crippen LogP contribution in [-0.4, -0.2) is 36.1 Å². The Kier molecular flexibility index (Phi) is 4.32. The van der Waals surface area contributed by atoms with Crippen molar-refractivity contribution in [2.24, 2.45) is 5.92 Å². The van der Waals surface area contributed by atoms with E-state index in [1.807, 2.05) is 17.5 Å². The van der Waals surface area contributed by atoms with Crippen LogP contribution < -0.4 is 5.32 Å². The van der Waals surface area contributed by atoms with Gasteiger partial charge in [0.2, 0.25) is 0 Å². The Balaban J connectivity index is 1.76. The molecule has 0 bridgehead atoms. The maximum atomic E-state index is 4.43. The summed E-state index contributed by atoms with van der Waals surface area (Å²) < 4.78 is 0. The first-order chi connectivity index (χ1) is 7.78. The van der Waals surface area contributed by atoms with Crippen LogP contribution in [0.5, 0.6) is 0 Å². The number of hydrogen-bond acceptors (Lipinski definition) is 4. The predicted octanol–water partition coefficient (Wildman–Crippen LogP) is 1.88. The molecular weight excluding hydrogens is 218 g/mol. The maximum Gasteiger partial charge on any atom is 0.107 e. The molecule has 0 aliphatic carbocycles. The third-order valence-corrected chi connectivity index (χ3v) is 3.98. The lowest BCUT2D eigenvalue weighted by Crippen LogP contribution is -2.26. The Bertz CT molecular complexity index is 324. The summed E-state index contributed by atoms with van der Waals surface area (Å²) >= 11 is 1.83. The highest BCUT2D eigenvalue weighted by molar-refractivity contribution is 7.11. The topological polar surface area (TPSA) is 28.2 Å². The van der Waals surface area contributed by atoms with Gasteiger partial charge < -0.3 is 5.32 Å². The zero-order valence-corrected chi connectivity index (χ0v) is 11.0. The molecule has 1 aliphatic heterocycles. The molecule has 1 unspecified atom stereocenters. The molecule has 1 aliphatic rings. The summed E-state index contributed by atoms with van der Waals surface area (Å²) in [6.45, 7) is 10.1. The van der Waals surface area contributed by atoms with Gasteiger partial charge in [0.1, 0.15) is 5.01 Å². The van der Waals surface area contributed by atoms with Crippen LogP contribution in [0, 0.1) is 12.8 Å². The van der Waals surface area contributed by atoms with Crippen LogP contribution in [0.3, 0.4) is 0 Å². The molecule has 2 heterocycles. The van der Waals surface area contributed by atoms with E-state index >= 15 is 0 Å². The minimum atomic E-state index is 0.834. The second kappa shape index (κ2) is 5.75. The smallest absolute Gasteiger partial charge is 0.107 e. The Morgan fingerprint density at radius 1 is 1.62 bits per heavy atom. The predicted molar refractivity (Wildman–Crippen MR) is 68.8 cm³/mol. The monoisotopic (exact) mass is 239 g/mol. The second-order valence-electron chi connectivity index (χ2n) is 4.56. The van der Waals surface area contributed by atoms with Gasteiger partial charge in [0, 0.05) is 17.6 Å². The number of aryl methyl sites for hydroxylation is 1. The fourth-order valence-corrected chi connectivity index (χ4v) is 3.07. The van der Waals surface area contributed by atoms with Crippen molar-refractivity contribution in [2.75, 3.05) is 26.2 Å². The van der Waals surface area contributed by atoms with E-state index in [1.165, 1.54) is 35.9 Å². The van der Waals surface area contributed by atoms with Crippen LogP contribution >= 0.6 is 11.3 Å². The minimum Gasteiger partial charge on any atom is -0.317 e. The lowest BCUT2D eigenvalue weighted by molar-refractivity contribution is 0.314. The lowest BCUT2D eigenvalue weighted by Gasteiger charge is -2.14. The van der Waals surface area contributed by atoms with Gasteiger partial charge in [0.05, 0.1) is 6.54 Å². The average Bonchev–Trinajstić information content (AvgIpc) is 2.86. The number of likely N-dealkylation sites (tertiary alicyclic amines) is 1. The number of aromatic nitrogens is 1. The van der Waals surface area contributed by atoms with Crippen molar-refractivity contribution < 1.29 is 0 Å². The maximum absolute atomic E-state index is 4.43. The van der Waals surface area contributed by atoms with E-state index in [1.54, 1.807) is 0 Å². The highest BCUT2D eigenvalue weighted by atomic mass is 32.1. The average molecular weight is 239 g/mol. The summed E-state index contributed by atoms with van der Waals surface area (Å²) in [5.41, 5.74) is 0. The summed E-state index contributed by atoms with van der Waals surface area (Å²) in [5, 5.41) is 4.70. The lowest BCUT2D eigenvalue weighted by atomic mass is 10.1. The van der Waals surface area contributed by atoms with Crippen molar-refractivity contribution >= 4 is 11.3 Å². The van der Waals surface area contributed by atoms with E-state index in [0.29, 0.717) is 0 Å². The van der Waals surface area contributed by atoms with E-state index in [4.69, 9.17) is 0 Å². The summed E-state index contributed by atoms with van der Waals surface area (Å²) in [7, 11) is 0. The molecule has 0 amide bonds. The van der Waals surface area contributed by atoms with Crippen molar-refractivity contribution in [1.29, 1.82) is 0 Å². The van der Waals surface area contributed by atoms with Crippen LogP contribution in [0.25, 0.3) is 0 Å². The highest BCUT2D eigenvalue weighted by Crippen LogP contribution is 2.20. The molecule has 1 fully saturated rings. The normalized spacial score (nSPS) is 21.8. The van der Waals surface area contributed by atoms with Crippen LogP contribution in [-0.2, 0) is 6.54 Å². The number of nitrogens with one attached hydrogen (secondary N) is 1. The Labute approximate surface area is 102 Å². The molecule has 1 aromatic rings. The van der Waals surface area contributed by atoms with Gasteiger partial charge in [0.25, 0.3) is 0 Å². The fraction of sp³-hybridized carbons (Fsp3) is 0.750. The van der Waals surface area contributed by atoms with E-state index in [-0.39, 0.29) is 0 Å². The zero-order chi connectivity index (χ0) is 11.4. The van der Waals surface area contributed by atoms with Crippen molar-refractivity contribution in [2.45, 2.75) is 26.8 Å². The van der Waals surface area contributed by atoms with E-state index in [0.717, 1.165) is 19.0 Å². The third kappa shape index (κ3) is 3.27. The molecule has 1 N–H and O–H groups in total. The Hall–Kier alpha value is -0.450. The van der Waals surface area contributed by atoms with Gasteiger partial charge in [0.15, 0.2) is 0 Å². The standard InChI is InChI=1S/C12H21N3S/c1-3-13-7-11-4-5-15(8-11)9-12-14-6-10(2)16-12/h6,11,13H,3-5,7-9H2,1-2H3. The zero-order valence-electron chi connectivity index (χ0n) is 10.2. The minimum absolute atomic E-state index is 0.834. The molecule has 1 aromatic heterocycles. The van der Waals surface area contributed by atoms with Gasteiger partial charge in [-0.05, 0) is 38.9 Å². The van der Waals surface area contributed by atoms with Gasteiger partial charge in [-0.3, -0.25) is 4.90 Å². The molecule has 16 heavy (non-hydrogen) atoms. The molecule has 3 nitrogen and oxygen atoms in total. The summed E-state index contributed by atoms with van der Waals surface area (Å²) in [6.07, 6.45) is 3.31. The van der Waals surface area contributed by atoms with Gasteiger partial charge in [-0.2, -0.15) is 0 Å². The van der Waals surface area contributed by atoms with Gasteiger partial charge in [-0.25, -0.2) is 4.98 Å². The van der Waals surface area contributed by atoms with E-state index in [2.05, 4.69) is 29.0 Å². The second-order valence-corrected chi connectivity index (χ2v) is 5.88. The highest BCUT2D eigenvalue weighted by Gasteiger charge is 2.22. The van der Waals surface area contributed by atoms with Gasteiger partial charge >= 0.3 is 0 Å². The molecule has 0 aromatic carbocycles. The van der Waals surface area contributed by atoms with Crippen LogP contribution in [0.4, 0.5) is 0 Å². The van der Waals surface area contributed by atoms with Crippen molar-refractivity contribution in [3.05, 3.63) is 16.1 Å². The first-order valence-electron chi connectivity index (χ1n) is 6.12. The van der Waals surface area contributed by atoms with E-state index in [9.17, 15) is 0 Å². The number of nitrogens with zero attached hydrogens (tertiary/aromatic N) is 2. The van der Waals surface area contributed by atoms with Crippen molar-refractivity contribution in [3.63, 3.8) is 0 Å². The molecular formula is C12H21N3S. The van der Waals surface area contributed by atoms with Gasteiger partial charge in [-0.15, -0.1) is 11.3 Å². The largest absolute Gasteiger partial charge is 0.317 e.